The average Bonchev–Trinajstić information content (AvgIpc) is 3.23. The number of carbonyl (C=O) groups is 4. The molecule has 40 heavy (non-hydrogen) atoms. The number of benzene rings is 1. The van der Waals surface area contributed by atoms with E-state index in [1.165, 1.54) is 6.07 Å². The van der Waals surface area contributed by atoms with Gasteiger partial charge in [-0.25, -0.2) is 0 Å². The molecule has 1 amide bonds. The Morgan fingerprint density at radius 2 is 1.65 bits per heavy atom. The number of Topliss-reactive ketones (excluding diaryl/α,β-unsaturated/α-hetero) is 3. The van der Waals surface area contributed by atoms with E-state index in [9.17, 15) is 29.4 Å². The van der Waals surface area contributed by atoms with E-state index in [2.05, 4.69) is 5.32 Å². The minimum atomic E-state index is -1.77. The summed E-state index contributed by atoms with van der Waals surface area (Å²) >= 11 is 0. The largest absolute Gasteiger partial charge is 0.507 e. The Hall–Kier alpha value is -3.32. The number of nitrogens with one attached hydrogen (secondary N) is 1. The van der Waals surface area contributed by atoms with Gasteiger partial charge in [-0.15, -0.1) is 0 Å². The smallest absolute Gasteiger partial charge is 0.224 e. The third-order valence-electron chi connectivity index (χ3n) is 9.80. The summed E-state index contributed by atoms with van der Waals surface area (Å²) in [6.45, 7) is 14.6. The Morgan fingerprint density at radius 3 is 2.27 bits per heavy atom. The van der Waals surface area contributed by atoms with Crippen LogP contribution in [0.25, 0.3) is 0 Å². The summed E-state index contributed by atoms with van der Waals surface area (Å²) in [5.74, 6) is -5.49. The quantitative estimate of drug-likeness (QED) is 0.455. The predicted octanol–water partition coefficient (Wildman–Crippen LogP) is 4.90. The highest BCUT2D eigenvalue weighted by atomic mass is 16.3. The molecule has 1 aromatic carbocycles. The number of aryl methyl sites for hydroxylation is 1. The van der Waals surface area contributed by atoms with E-state index in [1.807, 2.05) is 46.8 Å². The minimum Gasteiger partial charge on any atom is -0.507 e. The molecular formula is C33H39NO6. The van der Waals surface area contributed by atoms with Gasteiger partial charge in [-0.05, 0) is 74.6 Å². The van der Waals surface area contributed by atoms with E-state index in [1.54, 1.807) is 26.8 Å². The number of amides is 1. The maximum Gasteiger partial charge on any atom is 0.224 e. The average molecular weight is 546 g/mol. The number of ketones is 3. The Kier molecular flexibility index (Phi) is 6.42. The second kappa shape index (κ2) is 9.10. The summed E-state index contributed by atoms with van der Waals surface area (Å²) in [4.78, 5) is 56.9. The molecule has 3 N–H and O–H groups in total. The van der Waals surface area contributed by atoms with Gasteiger partial charge in [0.05, 0.1) is 11.5 Å². The fraction of sp³-hybridized carbons (Fsp3) is 0.515. The molecule has 7 atom stereocenters. The first-order valence-corrected chi connectivity index (χ1v) is 14.2. The van der Waals surface area contributed by atoms with Crippen LogP contribution in [-0.4, -0.2) is 44.6 Å². The van der Waals surface area contributed by atoms with Gasteiger partial charge in [0.25, 0.3) is 0 Å². The minimum absolute atomic E-state index is 0.0109. The lowest BCUT2D eigenvalue weighted by Crippen LogP contribution is -2.64. The van der Waals surface area contributed by atoms with Crippen LogP contribution in [0.2, 0.25) is 0 Å². The molecule has 1 aliphatic heterocycles. The van der Waals surface area contributed by atoms with Crippen molar-refractivity contribution < 1.29 is 29.4 Å². The topological polar surface area (TPSA) is 121 Å². The molecule has 7 nitrogen and oxygen atoms in total. The lowest BCUT2D eigenvalue weighted by atomic mass is 9.62. The standard InChI is InChI=1S/C33H39NO6/c1-14(2)9-22-25-20(8)33(40)19(7)12-16(4)10-15(3)11-17(5)26(35)24-23-21(13-18(6)27(24)36)30(38)32(25,34-31(22)39)29(33)28(23)37/h10-14,16,20,22,25,29,36,40H,9H2,1-8H3,(H,34,39)/b15-10+,17-11-,19-12-/t16-,20-,22-,25-,29+,32-,33+/m1/s1. The summed E-state index contributed by atoms with van der Waals surface area (Å²) in [5.41, 5.74) is -1.86. The van der Waals surface area contributed by atoms with Crippen LogP contribution in [0.4, 0.5) is 0 Å². The monoisotopic (exact) mass is 545 g/mol. The highest BCUT2D eigenvalue weighted by Crippen LogP contribution is 2.63. The number of aromatic hydroxyl groups is 1. The van der Waals surface area contributed by atoms with Crippen molar-refractivity contribution in [3.8, 4) is 5.75 Å². The molecule has 2 bridgehead atoms. The van der Waals surface area contributed by atoms with Crippen molar-refractivity contribution in [1.82, 2.24) is 5.32 Å². The predicted molar refractivity (Wildman–Crippen MR) is 151 cm³/mol. The van der Waals surface area contributed by atoms with E-state index in [0.717, 1.165) is 5.57 Å². The second-order valence-electron chi connectivity index (χ2n) is 13.0. The molecule has 5 rings (SSSR count). The van der Waals surface area contributed by atoms with Crippen molar-refractivity contribution in [3.63, 3.8) is 0 Å². The molecule has 1 aromatic rings. The Balaban J connectivity index is 1.93. The Bertz CT molecular complexity index is 1480. The number of hydrogen-bond donors (Lipinski definition) is 3. The van der Waals surface area contributed by atoms with Gasteiger partial charge >= 0.3 is 0 Å². The van der Waals surface area contributed by atoms with Gasteiger partial charge in [0.2, 0.25) is 5.91 Å². The lowest BCUT2D eigenvalue weighted by molar-refractivity contribution is -0.125. The first-order valence-electron chi connectivity index (χ1n) is 14.2. The number of hydrogen-bond acceptors (Lipinski definition) is 6. The molecule has 7 heteroatoms. The first kappa shape index (κ1) is 28.2. The van der Waals surface area contributed by atoms with Gasteiger partial charge in [0.15, 0.2) is 17.3 Å². The van der Waals surface area contributed by atoms with E-state index in [0.29, 0.717) is 17.6 Å². The lowest BCUT2D eigenvalue weighted by Gasteiger charge is -2.43. The van der Waals surface area contributed by atoms with E-state index in [4.69, 9.17) is 0 Å². The first-order chi connectivity index (χ1) is 18.6. The van der Waals surface area contributed by atoms with Crippen molar-refractivity contribution in [3.05, 3.63) is 63.3 Å². The molecule has 1 saturated heterocycles. The summed E-state index contributed by atoms with van der Waals surface area (Å²) in [7, 11) is 0. The molecule has 212 valence electrons. The number of carbonyl (C=O) groups excluding carboxylic acids is 4. The maximum absolute atomic E-state index is 14.8. The van der Waals surface area contributed by atoms with Crippen molar-refractivity contribution >= 4 is 23.3 Å². The van der Waals surface area contributed by atoms with Crippen LogP contribution in [0.1, 0.15) is 91.5 Å². The van der Waals surface area contributed by atoms with Gasteiger partial charge in [-0.1, -0.05) is 51.5 Å². The Labute approximate surface area is 235 Å². The van der Waals surface area contributed by atoms with Crippen molar-refractivity contribution in [1.29, 1.82) is 0 Å². The highest BCUT2D eigenvalue weighted by Gasteiger charge is 2.78. The number of allylic oxidation sites excluding steroid dienone is 5. The zero-order chi connectivity index (χ0) is 29.6. The second-order valence-corrected chi connectivity index (χ2v) is 13.0. The van der Waals surface area contributed by atoms with Crippen LogP contribution in [0.3, 0.4) is 0 Å². The van der Waals surface area contributed by atoms with Gasteiger partial charge < -0.3 is 15.5 Å². The SMILES string of the molecule is C/C1=C/C(C)=C/[C@@H](C)/C=C(/C)[C@]2(O)[C@H](C)[C@@H]3[C@@H](CC(C)C)C(=O)N[C@]34C(=O)c3cc(C)c(O)c(c3C(=O)[C@@H]42)C1=O. The number of phenols is 1. The highest BCUT2D eigenvalue weighted by molar-refractivity contribution is 6.28. The number of phenolic OH excluding ortho intramolecular Hbond substituents is 1. The molecule has 0 aromatic heterocycles. The van der Waals surface area contributed by atoms with Gasteiger partial charge in [0.1, 0.15) is 16.9 Å². The van der Waals surface area contributed by atoms with E-state index >= 15 is 0 Å². The van der Waals surface area contributed by atoms with Crippen LogP contribution >= 0.6 is 0 Å². The molecule has 0 unspecified atom stereocenters. The fourth-order valence-electron chi connectivity index (χ4n) is 8.32. The summed E-state index contributed by atoms with van der Waals surface area (Å²) in [5, 5.41) is 26.8. The molecule has 4 aliphatic rings. The number of rotatable bonds is 2. The Morgan fingerprint density at radius 1 is 1.00 bits per heavy atom. The van der Waals surface area contributed by atoms with Crippen molar-refractivity contribution in [2.24, 2.45) is 35.5 Å². The summed E-state index contributed by atoms with van der Waals surface area (Å²) in [6, 6.07) is 1.45. The summed E-state index contributed by atoms with van der Waals surface area (Å²) in [6.07, 6.45) is 6.07. The van der Waals surface area contributed by atoms with Crippen LogP contribution < -0.4 is 5.32 Å². The van der Waals surface area contributed by atoms with Crippen LogP contribution in [0.15, 0.2) is 41.0 Å². The molecule has 1 saturated carbocycles. The van der Waals surface area contributed by atoms with Gasteiger partial charge in [-0.3, -0.25) is 19.2 Å². The fourth-order valence-corrected chi connectivity index (χ4v) is 8.32. The zero-order valence-corrected chi connectivity index (χ0v) is 24.5. The molecule has 0 radical (unpaired) electrons. The van der Waals surface area contributed by atoms with Crippen LogP contribution in [-0.2, 0) is 4.79 Å². The molecule has 1 heterocycles. The third-order valence-corrected chi connectivity index (χ3v) is 9.80. The van der Waals surface area contributed by atoms with Gasteiger partial charge in [0, 0.05) is 23.0 Å². The third kappa shape index (κ3) is 3.52. The van der Waals surface area contributed by atoms with E-state index < -0.39 is 52.2 Å². The van der Waals surface area contributed by atoms with Crippen molar-refractivity contribution in [2.75, 3.05) is 0 Å². The molecule has 2 fully saturated rings. The normalized spacial score (nSPS) is 39.2. The van der Waals surface area contributed by atoms with E-state index in [-0.39, 0.29) is 45.7 Å². The molecular weight excluding hydrogens is 506 g/mol. The zero-order valence-electron chi connectivity index (χ0n) is 24.5. The molecule has 1 spiro atoms. The van der Waals surface area contributed by atoms with Crippen LogP contribution in [0, 0.1) is 42.4 Å². The van der Waals surface area contributed by atoms with Crippen LogP contribution in [0.5, 0.6) is 5.75 Å². The van der Waals surface area contributed by atoms with Gasteiger partial charge in [-0.2, -0.15) is 0 Å². The molecule has 3 aliphatic carbocycles. The van der Waals surface area contributed by atoms with Crippen molar-refractivity contribution in [2.45, 2.75) is 73.0 Å². The summed E-state index contributed by atoms with van der Waals surface area (Å²) < 4.78 is 0. The number of aliphatic hydroxyl groups is 1. The maximum atomic E-state index is 14.8.